The summed E-state index contributed by atoms with van der Waals surface area (Å²) in [6, 6.07) is 1.05. The van der Waals surface area contributed by atoms with Crippen molar-refractivity contribution in [3.05, 3.63) is 0 Å². The van der Waals surface area contributed by atoms with Crippen molar-refractivity contribution in [1.82, 2.24) is 10.2 Å². The molecule has 2 fully saturated rings. The Hall–Kier alpha value is -0.610. The van der Waals surface area contributed by atoms with Crippen LogP contribution in [-0.2, 0) is 4.79 Å². The molecular formula is C11H20N2O2. The smallest absolute Gasteiger partial charge is 0.304 e. The first-order valence-electron chi connectivity index (χ1n) is 5.89. The van der Waals surface area contributed by atoms with Gasteiger partial charge in [0.25, 0.3) is 0 Å². The van der Waals surface area contributed by atoms with Crippen molar-refractivity contribution in [2.24, 2.45) is 0 Å². The van der Waals surface area contributed by atoms with E-state index in [0.717, 1.165) is 13.1 Å². The third kappa shape index (κ3) is 2.32. The van der Waals surface area contributed by atoms with Crippen LogP contribution in [0.25, 0.3) is 0 Å². The van der Waals surface area contributed by atoms with Gasteiger partial charge >= 0.3 is 5.97 Å². The maximum absolute atomic E-state index is 10.8. The van der Waals surface area contributed by atoms with E-state index in [1.807, 2.05) is 0 Å². The van der Waals surface area contributed by atoms with Crippen molar-refractivity contribution in [1.29, 1.82) is 0 Å². The molecule has 2 aliphatic heterocycles. The summed E-state index contributed by atoms with van der Waals surface area (Å²) in [7, 11) is 0. The fourth-order valence-corrected chi connectivity index (χ4v) is 2.90. The fraction of sp³-hybridized carbons (Fsp3) is 0.909. The molecule has 4 nitrogen and oxygen atoms in total. The Bertz CT molecular complexity index is 245. The molecule has 0 aromatic heterocycles. The van der Waals surface area contributed by atoms with Gasteiger partial charge in [-0.1, -0.05) is 6.42 Å². The second-order valence-corrected chi connectivity index (χ2v) is 4.75. The van der Waals surface area contributed by atoms with Crippen LogP contribution in [0.4, 0.5) is 0 Å². The second kappa shape index (κ2) is 4.49. The van der Waals surface area contributed by atoms with E-state index in [1.165, 1.54) is 19.3 Å². The molecule has 2 saturated heterocycles. The van der Waals surface area contributed by atoms with E-state index in [9.17, 15) is 4.79 Å². The first-order chi connectivity index (χ1) is 7.18. The van der Waals surface area contributed by atoms with Crippen LogP contribution in [0.5, 0.6) is 0 Å². The summed E-state index contributed by atoms with van der Waals surface area (Å²) in [6.07, 6.45) is 4.00. The van der Waals surface area contributed by atoms with Gasteiger partial charge < -0.3 is 10.4 Å². The highest BCUT2D eigenvalue weighted by atomic mass is 16.4. The van der Waals surface area contributed by atoms with Gasteiger partial charge in [-0.3, -0.25) is 9.69 Å². The lowest BCUT2D eigenvalue weighted by atomic mass is 9.92. The van der Waals surface area contributed by atoms with Crippen molar-refractivity contribution < 1.29 is 9.90 Å². The summed E-state index contributed by atoms with van der Waals surface area (Å²) in [5.41, 5.74) is 0. The Labute approximate surface area is 90.6 Å². The van der Waals surface area contributed by atoms with Crippen LogP contribution < -0.4 is 5.32 Å². The minimum atomic E-state index is -0.681. The Balaban J connectivity index is 2.05. The third-order valence-corrected chi connectivity index (χ3v) is 3.74. The highest BCUT2D eigenvalue weighted by molar-refractivity contribution is 5.67. The lowest BCUT2D eigenvalue weighted by molar-refractivity contribution is -0.139. The molecule has 0 aromatic carbocycles. The zero-order valence-corrected chi connectivity index (χ0v) is 9.28. The number of nitrogens with zero attached hydrogens (tertiary/aromatic N) is 1. The molecule has 2 N–H and O–H groups in total. The van der Waals surface area contributed by atoms with Crippen molar-refractivity contribution >= 4 is 5.97 Å². The fourth-order valence-electron chi connectivity index (χ4n) is 2.90. The number of nitrogens with one attached hydrogen (secondary N) is 1. The van der Waals surface area contributed by atoms with Gasteiger partial charge in [-0.05, 0) is 26.3 Å². The molecule has 2 aliphatic rings. The zero-order chi connectivity index (χ0) is 10.8. The number of aliphatic carboxylic acids is 1. The van der Waals surface area contributed by atoms with Crippen LogP contribution in [0, 0.1) is 0 Å². The van der Waals surface area contributed by atoms with Gasteiger partial charge in [0.05, 0.1) is 6.42 Å². The number of carboxylic acids is 1. The van der Waals surface area contributed by atoms with Crippen molar-refractivity contribution in [2.45, 2.75) is 50.7 Å². The molecule has 0 spiro atoms. The van der Waals surface area contributed by atoms with E-state index in [-0.39, 0.29) is 12.5 Å². The van der Waals surface area contributed by atoms with Gasteiger partial charge in [0.1, 0.15) is 0 Å². The van der Waals surface area contributed by atoms with E-state index in [0.29, 0.717) is 12.1 Å². The van der Waals surface area contributed by atoms with E-state index >= 15 is 0 Å². The van der Waals surface area contributed by atoms with E-state index in [4.69, 9.17) is 5.11 Å². The molecule has 0 bridgehead atoms. The van der Waals surface area contributed by atoms with Gasteiger partial charge in [0, 0.05) is 24.7 Å². The molecule has 4 heteroatoms. The molecule has 2 heterocycles. The number of piperidine rings is 1. The van der Waals surface area contributed by atoms with Crippen LogP contribution >= 0.6 is 0 Å². The highest BCUT2D eigenvalue weighted by Crippen LogP contribution is 2.25. The number of rotatable bonds is 2. The predicted molar refractivity (Wildman–Crippen MR) is 57.9 cm³/mol. The first-order valence-corrected chi connectivity index (χ1v) is 5.89. The van der Waals surface area contributed by atoms with Crippen molar-refractivity contribution in [3.8, 4) is 0 Å². The van der Waals surface area contributed by atoms with Crippen LogP contribution in [0.3, 0.4) is 0 Å². The standard InChI is InChI=1S/C11H20N2O2/c1-8-10(6-11(14)15)13-5-3-2-4-9(13)7-12-8/h8-10,12H,2-7H2,1H3,(H,14,15). The summed E-state index contributed by atoms with van der Waals surface area (Å²) < 4.78 is 0. The monoisotopic (exact) mass is 212 g/mol. The Morgan fingerprint density at radius 2 is 2.33 bits per heavy atom. The zero-order valence-electron chi connectivity index (χ0n) is 9.28. The van der Waals surface area contributed by atoms with Gasteiger partial charge in [0.2, 0.25) is 0 Å². The van der Waals surface area contributed by atoms with Gasteiger partial charge in [-0.15, -0.1) is 0 Å². The summed E-state index contributed by atoms with van der Waals surface area (Å²) in [5.74, 6) is -0.681. The largest absolute Gasteiger partial charge is 0.481 e. The summed E-state index contributed by atoms with van der Waals surface area (Å²) in [6.45, 7) is 4.20. The molecule has 0 amide bonds. The van der Waals surface area contributed by atoms with Gasteiger partial charge in [0.15, 0.2) is 0 Å². The number of hydrogen-bond donors (Lipinski definition) is 2. The first kappa shape index (κ1) is 10.9. The van der Waals surface area contributed by atoms with Crippen LogP contribution in [0.1, 0.15) is 32.6 Å². The number of carbonyl (C=O) groups is 1. The Morgan fingerprint density at radius 1 is 1.53 bits per heavy atom. The molecule has 2 rings (SSSR count). The third-order valence-electron chi connectivity index (χ3n) is 3.74. The maximum Gasteiger partial charge on any atom is 0.304 e. The average molecular weight is 212 g/mol. The van der Waals surface area contributed by atoms with Gasteiger partial charge in [-0.25, -0.2) is 0 Å². The Kier molecular flexibility index (Phi) is 3.26. The lowest BCUT2D eigenvalue weighted by Crippen LogP contribution is -2.63. The summed E-state index contributed by atoms with van der Waals surface area (Å²) >= 11 is 0. The van der Waals surface area contributed by atoms with E-state index in [1.54, 1.807) is 0 Å². The molecule has 0 aromatic rings. The molecule has 3 unspecified atom stereocenters. The Morgan fingerprint density at radius 3 is 3.07 bits per heavy atom. The maximum atomic E-state index is 10.8. The lowest BCUT2D eigenvalue weighted by Gasteiger charge is -2.48. The van der Waals surface area contributed by atoms with Crippen LogP contribution in [0.15, 0.2) is 0 Å². The quantitative estimate of drug-likeness (QED) is 0.706. The number of hydrogen-bond acceptors (Lipinski definition) is 3. The summed E-state index contributed by atoms with van der Waals surface area (Å²) in [4.78, 5) is 13.2. The van der Waals surface area contributed by atoms with Crippen molar-refractivity contribution in [2.75, 3.05) is 13.1 Å². The minimum absolute atomic E-state index is 0.182. The molecule has 0 aliphatic carbocycles. The number of piperazine rings is 1. The molecular weight excluding hydrogens is 192 g/mol. The predicted octanol–water partition coefficient (Wildman–Crippen LogP) is 0.676. The van der Waals surface area contributed by atoms with E-state index < -0.39 is 5.97 Å². The second-order valence-electron chi connectivity index (χ2n) is 4.75. The van der Waals surface area contributed by atoms with E-state index in [2.05, 4.69) is 17.1 Å². The number of carboxylic acid groups (broad SMARTS) is 1. The van der Waals surface area contributed by atoms with Crippen molar-refractivity contribution in [3.63, 3.8) is 0 Å². The normalized spacial score (nSPS) is 37.3. The molecule has 86 valence electrons. The number of fused-ring (bicyclic) bond motifs is 1. The minimum Gasteiger partial charge on any atom is -0.481 e. The molecule has 15 heavy (non-hydrogen) atoms. The molecule has 0 radical (unpaired) electrons. The SMILES string of the molecule is CC1NCC2CCCCN2C1CC(=O)O. The van der Waals surface area contributed by atoms with Crippen LogP contribution in [0.2, 0.25) is 0 Å². The van der Waals surface area contributed by atoms with Crippen LogP contribution in [-0.4, -0.2) is 47.2 Å². The topological polar surface area (TPSA) is 52.6 Å². The van der Waals surface area contributed by atoms with Gasteiger partial charge in [-0.2, -0.15) is 0 Å². The molecule has 3 atom stereocenters. The molecule has 0 saturated carbocycles. The highest BCUT2D eigenvalue weighted by Gasteiger charge is 2.36. The summed E-state index contributed by atoms with van der Waals surface area (Å²) in [5, 5.41) is 12.4. The average Bonchev–Trinajstić information content (AvgIpc) is 2.22.